The summed E-state index contributed by atoms with van der Waals surface area (Å²) in [7, 11) is 8.62. The Morgan fingerprint density at radius 1 is 0.904 bits per heavy atom. The number of ether oxygens (including phenoxy) is 2. The summed E-state index contributed by atoms with van der Waals surface area (Å²) in [6.45, 7) is 16.2. The molecule has 1 aromatic carbocycles. The molecule has 1 saturated heterocycles. The van der Waals surface area contributed by atoms with Gasteiger partial charge in [-0.2, -0.15) is 0 Å². The van der Waals surface area contributed by atoms with E-state index in [-0.39, 0.29) is 72.0 Å². The van der Waals surface area contributed by atoms with Gasteiger partial charge in [-0.3, -0.25) is 24.1 Å². The standard InChI is InChI=1S/C40H70N6O6/c1-14-26(6)36(45(11)40(50)34(24(2)3)43-39(49)35(25(4)5)44(9)10)31(51-12)23-32(47)46-22-18-21-30(46)37(52-13)27(7)38(48)42-28(8)33(41)29-19-16-15-17-20-29/h15-17,19-20,24-28,30-31,33-37H,14,18,21-23,41H2,1-13H3,(H,42,48)(H,43,49)/t26-,27+,28-,30-,31+,33+,34-,35-,36-,37+/m0/s1. The fourth-order valence-corrected chi connectivity index (χ4v) is 7.82. The molecule has 1 aliphatic rings. The summed E-state index contributed by atoms with van der Waals surface area (Å²) in [6, 6.07) is 7.09. The Morgan fingerprint density at radius 3 is 2.02 bits per heavy atom. The minimum absolute atomic E-state index is 0.00512. The normalized spacial score (nSPS) is 20.1. The summed E-state index contributed by atoms with van der Waals surface area (Å²) in [5.74, 6) is -1.37. The van der Waals surface area contributed by atoms with Gasteiger partial charge in [0, 0.05) is 39.9 Å². The molecule has 2 rings (SSSR count). The first kappa shape index (κ1) is 45.1. The minimum atomic E-state index is -0.749. The average molecular weight is 731 g/mol. The summed E-state index contributed by atoms with van der Waals surface area (Å²) >= 11 is 0. The van der Waals surface area contributed by atoms with Crippen LogP contribution in [0.4, 0.5) is 0 Å². The van der Waals surface area contributed by atoms with Crippen LogP contribution in [0.2, 0.25) is 0 Å². The molecule has 12 nitrogen and oxygen atoms in total. The first-order valence-corrected chi connectivity index (χ1v) is 19.1. The third-order valence-corrected chi connectivity index (χ3v) is 11.0. The van der Waals surface area contributed by atoms with Crippen LogP contribution in [0.3, 0.4) is 0 Å². The van der Waals surface area contributed by atoms with Gasteiger partial charge in [0.05, 0.1) is 42.7 Å². The molecule has 0 radical (unpaired) electrons. The molecule has 0 unspecified atom stereocenters. The highest BCUT2D eigenvalue weighted by Gasteiger charge is 2.43. The van der Waals surface area contributed by atoms with Crippen molar-refractivity contribution in [3.8, 4) is 0 Å². The van der Waals surface area contributed by atoms with Crippen LogP contribution in [0, 0.1) is 23.7 Å². The molecule has 0 aromatic heterocycles. The highest BCUT2D eigenvalue weighted by Crippen LogP contribution is 2.30. The van der Waals surface area contributed by atoms with Gasteiger partial charge in [0.2, 0.25) is 23.6 Å². The van der Waals surface area contributed by atoms with Gasteiger partial charge in [0.15, 0.2) is 0 Å². The van der Waals surface area contributed by atoms with E-state index in [1.54, 1.807) is 26.2 Å². The summed E-state index contributed by atoms with van der Waals surface area (Å²) in [5, 5.41) is 6.11. The van der Waals surface area contributed by atoms with Crippen molar-refractivity contribution in [1.82, 2.24) is 25.3 Å². The first-order chi connectivity index (χ1) is 24.4. The lowest BCUT2D eigenvalue weighted by Gasteiger charge is -2.41. The van der Waals surface area contributed by atoms with Crippen LogP contribution in [-0.4, -0.2) is 123 Å². The smallest absolute Gasteiger partial charge is 0.245 e. The zero-order chi connectivity index (χ0) is 39.4. The van der Waals surface area contributed by atoms with E-state index in [1.807, 2.05) is 95.8 Å². The third-order valence-electron chi connectivity index (χ3n) is 11.0. The number of nitrogens with one attached hydrogen (secondary N) is 2. The number of carbonyl (C=O) groups is 4. The van der Waals surface area contributed by atoms with Crippen LogP contribution in [0.5, 0.6) is 0 Å². The average Bonchev–Trinajstić information content (AvgIpc) is 3.59. The number of likely N-dealkylation sites (tertiary alicyclic amines) is 1. The SMILES string of the molecule is CC[C@H](C)[C@@H]([C@@H](CC(=O)N1CCC[C@H]1[C@H](OC)[C@@H](C)C(=O)N[C@@H](C)[C@@H](N)c1ccccc1)OC)N(C)C(=O)[C@@H](NC(=O)[C@H](C(C)C)N(C)C)C(C)C. The Labute approximate surface area is 313 Å². The summed E-state index contributed by atoms with van der Waals surface area (Å²) in [5.41, 5.74) is 7.40. The molecule has 52 heavy (non-hydrogen) atoms. The Morgan fingerprint density at radius 2 is 1.52 bits per heavy atom. The highest BCUT2D eigenvalue weighted by molar-refractivity contribution is 5.90. The van der Waals surface area contributed by atoms with E-state index in [1.165, 1.54) is 0 Å². The Balaban J connectivity index is 2.25. The van der Waals surface area contributed by atoms with Crippen molar-refractivity contribution in [3.63, 3.8) is 0 Å². The molecule has 0 spiro atoms. The van der Waals surface area contributed by atoms with Crippen LogP contribution in [0.15, 0.2) is 30.3 Å². The number of likely N-dealkylation sites (N-methyl/N-ethyl adjacent to an activating group) is 2. The van der Waals surface area contributed by atoms with Gasteiger partial charge in [-0.15, -0.1) is 0 Å². The third kappa shape index (κ3) is 11.5. The van der Waals surface area contributed by atoms with E-state index < -0.39 is 30.2 Å². The monoisotopic (exact) mass is 731 g/mol. The number of carbonyl (C=O) groups excluding carboxylic acids is 4. The van der Waals surface area contributed by atoms with E-state index in [9.17, 15) is 19.2 Å². The lowest BCUT2D eigenvalue weighted by Crippen LogP contribution is -2.59. The second kappa shape index (κ2) is 21.0. The fourth-order valence-electron chi connectivity index (χ4n) is 7.82. The van der Waals surface area contributed by atoms with Gasteiger partial charge in [0.1, 0.15) is 6.04 Å². The number of benzene rings is 1. The zero-order valence-electron chi connectivity index (χ0n) is 34.2. The van der Waals surface area contributed by atoms with Crippen LogP contribution >= 0.6 is 0 Å². The lowest BCUT2D eigenvalue weighted by molar-refractivity contribution is -0.148. The molecule has 1 aromatic rings. The quantitative estimate of drug-likeness (QED) is 0.184. The van der Waals surface area contributed by atoms with Crippen molar-refractivity contribution in [3.05, 3.63) is 35.9 Å². The maximum Gasteiger partial charge on any atom is 0.245 e. The van der Waals surface area contributed by atoms with Gasteiger partial charge in [-0.25, -0.2) is 0 Å². The maximum absolute atomic E-state index is 14.2. The van der Waals surface area contributed by atoms with Gasteiger partial charge < -0.3 is 35.6 Å². The maximum atomic E-state index is 14.2. The van der Waals surface area contributed by atoms with Gasteiger partial charge in [-0.05, 0) is 57.2 Å². The Bertz CT molecular complexity index is 1270. The van der Waals surface area contributed by atoms with E-state index in [0.29, 0.717) is 13.0 Å². The molecule has 4 amide bonds. The van der Waals surface area contributed by atoms with E-state index in [2.05, 4.69) is 24.5 Å². The van der Waals surface area contributed by atoms with E-state index >= 15 is 0 Å². The van der Waals surface area contributed by atoms with Crippen molar-refractivity contribution in [1.29, 1.82) is 0 Å². The molecule has 0 bridgehead atoms. The predicted molar refractivity (Wildman–Crippen MR) is 206 cm³/mol. The van der Waals surface area contributed by atoms with Gasteiger partial charge >= 0.3 is 0 Å². The molecule has 10 atom stereocenters. The lowest BCUT2D eigenvalue weighted by atomic mass is 9.89. The zero-order valence-corrected chi connectivity index (χ0v) is 34.2. The van der Waals surface area contributed by atoms with Crippen LogP contribution < -0.4 is 16.4 Å². The molecule has 0 saturated carbocycles. The fraction of sp³-hybridized carbons (Fsp3) is 0.750. The first-order valence-electron chi connectivity index (χ1n) is 19.1. The number of nitrogens with two attached hydrogens (primary N) is 1. The molecule has 1 heterocycles. The van der Waals surface area contributed by atoms with Crippen molar-refractivity contribution < 1.29 is 28.7 Å². The molecule has 1 aliphatic heterocycles. The molecule has 0 aliphatic carbocycles. The summed E-state index contributed by atoms with van der Waals surface area (Å²) in [4.78, 5) is 60.7. The molecule has 4 N–H and O–H groups in total. The Kier molecular flexibility index (Phi) is 18.2. The van der Waals surface area contributed by atoms with Gasteiger partial charge in [-0.1, -0.05) is 85.2 Å². The Hall–Kier alpha value is -3.06. The van der Waals surface area contributed by atoms with Crippen molar-refractivity contribution >= 4 is 23.6 Å². The molecule has 296 valence electrons. The van der Waals surface area contributed by atoms with Crippen molar-refractivity contribution in [2.75, 3.05) is 41.9 Å². The topological polar surface area (TPSA) is 147 Å². The van der Waals surface area contributed by atoms with E-state index in [4.69, 9.17) is 15.2 Å². The van der Waals surface area contributed by atoms with Gasteiger partial charge in [0.25, 0.3) is 0 Å². The van der Waals surface area contributed by atoms with Crippen molar-refractivity contribution in [2.24, 2.45) is 29.4 Å². The summed E-state index contributed by atoms with van der Waals surface area (Å²) in [6.07, 6.45) is 1.15. The predicted octanol–water partition coefficient (Wildman–Crippen LogP) is 3.84. The second-order valence-corrected chi connectivity index (χ2v) is 15.7. The number of nitrogens with zero attached hydrogens (tertiary/aromatic N) is 3. The largest absolute Gasteiger partial charge is 0.379 e. The minimum Gasteiger partial charge on any atom is -0.379 e. The molecule has 12 heteroatoms. The number of hydrogen-bond acceptors (Lipinski definition) is 8. The van der Waals surface area contributed by atoms with Crippen LogP contribution in [0.1, 0.15) is 92.7 Å². The van der Waals surface area contributed by atoms with E-state index in [0.717, 1.165) is 18.4 Å². The second-order valence-electron chi connectivity index (χ2n) is 15.7. The molecular formula is C40H70N6O6. The molecule has 1 fully saturated rings. The number of hydrogen-bond donors (Lipinski definition) is 3. The highest BCUT2D eigenvalue weighted by atomic mass is 16.5. The number of rotatable bonds is 20. The van der Waals surface area contributed by atoms with Crippen molar-refractivity contribution in [2.45, 2.75) is 130 Å². The molecular weight excluding hydrogens is 660 g/mol. The van der Waals surface area contributed by atoms with Crippen LogP contribution in [0.25, 0.3) is 0 Å². The van der Waals surface area contributed by atoms with Crippen LogP contribution in [-0.2, 0) is 28.7 Å². The number of amides is 4. The summed E-state index contributed by atoms with van der Waals surface area (Å²) < 4.78 is 12.0. The number of methoxy groups -OCH3 is 2.